The fourth-order valence-electron chi connectivity index (χ4n) is 4.19. The van der Waals surface area contributed by atoms with Crippen LogP contribution in [0.5, 0.6) is 11.5 Å². The van der Waals surface area contributed by atoms with E-state index in [1.165, 1.54) is 28.1 Å². The second-order valence-electron chi connectivity index (χ2n) is 9.90. The van der Waals surface area contributed by atoms with Crippen molar-refractivity contribution in [1.82, 2.24) is 0 Å². The molecular weight excluding hydrogens is 582 g/mol. The van der Waals surface area contributed by atoms with Gasteiger partial charge in [-0.2, -0.15) is 0 Å². The molecule has 0 saturated heterocycles. The standard InChI is InChI=1S/C30H44O10P2/c1-7-8-9-14-26-21-28(39-41(33,35-5)18-11-16-37-24(3)31)30(27-15-10-13-23(2)20-27)29(22-26)40-42(34,36-6)19-12-17-38-25(4)32/h10,13,15,20-22H,7-9,11-12,14,16-19H2,1-6H3. The molecule has 0 aliphatic rings. The Bertz CT molecular complexity index is 1210. The Labute approximate surface area is 249 Å². The Morgan fingerprint density at radius 2 is 1.29 bits per heavy atom. The van der Waals surface area contributed by atoms with Gasteiger partial charge < -0.3 is 27.6 Å². The van der Waals surface area contributed by atoms with Crippen LogP contribution in [-0.2, 0) is 43.7 Å². The number of benzene rings is 2. The van der Waals surface area contributed by atoms with E-state index in [4.69, 9.17) is 27.6 Å². The van der Waals surface area contributed by atoms with Crippen molar-refractivity contribution < 1.29 is 46.3 Å². The molecule has 0 N–H and O–H groups in total. The van der Waals surface area contributed by atoms with Crippen LogP contribution in [0.15, 0.2) is 36.4 Å². The van der Waals surface area contributed by atoms with Crippen molar-refractivity contribution in [3.05, 3.63) is 47.5 Å². The van der Waals surface area contributed by atoms with Gasteiger partial charge in [-0.1, -0.05) is 49.6 Å². The fraction of sp³-hybridized carbons (Fsp3) is 0.533. The highest BCUT2D eigenvalue weighted by atomic mass is 31.2. The molecule has 2 unspecified atom stereocenters. The van der Waals surface area contributed by atoms with Crippen molar-refractivity contribution in [2.45, 2.75) is 66.2 Å². The number of aryl methyl sites for hydroxylation is 2. The van der Waals surface area contributed by atoms with Crippen LogP contribution in [0.2, 0.25) is 0 Å². The molecule has 0 aliphatic carbocycles. The minimum atomic E-state index is -3.70. The molecule has 0 saturated carbocycles. The number of ether oxygens (including phenoxy) is 2. The molecule has 2 rings (SSSR count). The molecule has 42 heavy (non-hydrogen) atoms. The average molecular weight is 627 g/mol. The molecule has 0 bridgehead atoms. The van der Waals surface area contributed by atoms with Gasteiger partial charge in [0, 0.05) is 28.1 Å². The summed E-state index contributed by atoms with van der Waals surface area (Å²) in [5.41, 5.74) is 2.96. The SMILES string of the molecule is CCCCCc1cc(OP(=O)(CCCOC(C)=O)OC)c(-c2cccc(C)c2)c(OP(=O)(CCCOC(C)=O)OC)c1. The van der Waals surface area contributed by atoms with Gasteiger partial charge in [0.1, 0.15) is 11.5 Å². The van der Waals surface area contributed by atoms with Gasteiger partial charge in [-0.15, -0.1) is 0 Å². The van der Waals surface area contributed by atoms with E-state index in [1.807, 2.05) is 43.3 Å². The predicted octanol–water partition coefficient (Wildman–Crippen LogP) is 7.74. The molecule has 0 heterocycles. The molecule has 12 heteroatoms. The normalized spacial score (nSPS) is 14.0. The zero-order valence-electron chi connectivity index (χ0n) is 25.5. The molecule has 0 radical (unpaired) electrons. The van der Waals surface area contributed by atoms with Gasteiger partial charge in [0.05, 0.1) is 31.1 Å². The zero-order chi connectivity index (χ0) is 31.2. The number of rotatable bonds is 19. The van der Waals surface area contributed by atoms with Gasteiger partial charge in [-0.25, -0.2) is 9.13 Å². The van der Waals surface area contributed by atoms with E-state index in [2.05, 4.69) is 6.92 Å². The van der Waals surface area contributed by atoms with Crippen molar-refractivity contribution in [2.75, 3.05) is 39.8 Å². The number of carbonyl (C=O) groups is 2. The summed E-state index contributed by atoms with van der Waals surface area (Å²) in [4.78, 5) is 22.3. The smallest absolute Gasteiger partial charge is 0.379 e. The van der Waals surface area contributed by atoms with Crippen molar-refractivity contribution >= 4 is 27.1 Å². The molecule has 0 spiro atoms. The Balaban J connectivity index is 2.61. The summed E-state index contributed by atoms with van der Waals surface area (Å²) in [6.07, 6.45) is 4.16. The van der Waals surface area contributed by atoms with Crippen LogP contribution in [0, 0.1) is 6.92 Å². The summed E-state index contributed by atoms with van der Waals surface area (Å²) >= 11 is 0. The number of hydrogen-bond donors (Lipinski definition) is 0. The van der Waals surface area contributed by atoms with E-state index in [9.17, 15) is 18.7 Å². The van der Waals surface area contributed by atoms with Crippen molar-refractivity contribution in [2.24, 2.45) is 0 Å². The monoisotopic (exact) mass is 626 g/mol. The molecule has 2 atom stereocenters. The number of carbonyl (C=O) groups excluding carboxylic acids is 2. The van der Waals surface area contributed by atoms with Crippen LogP contribution in [0.4, 0.5) is 0 Å². The first-order chi connectivity index (χ1) is 19.9. The molecule has 0 aromatic heterocycles. The molecule has 2 aromatic carbocycles. The third-order valence-corrected chi connectivity index (χ3v) is 10.1. The van der Waals surface area contributed by atoms with Crippen LogP contribution >= 0.6 is 15.2 Å². The summed E-state index contributed by atoms with van der Waals surface area (Å²) in [7, 11) is -4.78. The van der Waals surface area contributed by atoms with E-state index in [0.717, 1.165) is 30.4 Å². The van der Waals surface area contributed by atoms with Gasteiger partial charge in [0.15, 0.2) is 0 Å². The lowest BCUT2D eigenvalue weighted by molar-refractivity contribution is -0.141. The van der Waals surface area contributed by atoms with Crippen molar-refractivity contribution in [3.63, 3.8) is 0 Å². The number of esters is 2. The van der Waals surface area contributed by atoms with Crippen LogP contribution in [0.3, 0.4) is 0 Å². The molecule has 0 fully saturated rings. The quantitative estimate of drug-likeness (QED) is 0.0869. The Morgan fingerprint density at radius 3 is 1.71 bits per heavy atom. The summed E-state index contributed by atoms with van der Waals surface area (Å²) < 4.78 is 60.6. The van der Waals surface area contributed by atoms with Crippen molar-refractivity contribution in [1.29, 1.82) is 0 Å². The first-order valence-electron chi connectivity index (χ1n) is 14.1. The summed E-state index contributed by atoms with van der Waals surface area (Å²) in [6, 6.07) is 11.2. The molecule has 2 aromatic rings. The summed E-state index contributed by atoms with van der Waals surface area (Å²) in [6.45, 7) is 6.81. The first kappa shape index (κ1) is 35.6. The molecule has 0 aliphatic heterocycles. The largest absolute Gasteiger partial charge is 0.466 e. The predicted molar refractivity (Wildman–Crippen MR) is 163 cm³/mol. The maximum Gasteiger partial charge on any atom is 0.379 e. The van der Waals surface area contributed by atoms with Gasteiger partial charge in [-0.05, 0) is 55.9 Å². The van der Waals surface area contributed by atoms with Gasteiger partial charge >= 0.3 is 27.1 Å². The van der Waals surface area contributed by atoms with E-state index in [1.54, 1.807) is 0 Å². The zero-order valence-corrected chi connectivity index (χ0v) is 27.3. The lowest BCUT2D eigenvalue weighted by atomic mass is 9.98. The van der Waals surface area contributed by atoms with E-state index in [-0.39, 0.29) is 49.9 Å². The number of unbranched alkanes of at least 4 members (excludes halogenated alkanes) is 2. The maximum atomic E-state index is 13.8. The second kappa shape index (κ2) is 17.5. The minimum absolute atomic E-state index is 0.00695. The molecule has 10 nitrogen and oxygen atoms in total. The van der Waals surface area contributed by atoms with Crippen LogP contribution < -0.4 is 9.05 Å². The highest BCUT2D eigenvalue weighted by molar-refractivity contribution is 7.54. The Kier molecular flexibility index (Phi) is 14.8. The number of hydrogen-bond acceptors (Lipinski definition) is 10. The highest BCUT2D eigenvalue weighted by Gasteiger charge is 2.31. The fourth-order valence-corrected chi connectivity index (χ4v) is 6.81. The second-order valence-corrected chi connectivity index (χ2v) is 14.3. The maximum absolute atomic E-state index is 13.8. The van der Waals surface area contributed by atoms with E-state index in [0.29, 0.717) is 17.5 Å². The lowest BCUT2D eigenvalue weighted by Crippen LogP contribution is -2.08. The van der Waals surface area contributed by atoms with Crippen LogP contribution in [0.1, 0.15) is 64.0 Å². The average Bonchev–Trinajstić information content (AvgIpc) is 2.93. The van der Waals surface area contributed by atoms with Crippen molar-refractivity contribution in [3.8, 4) is 22.6 Å². The lowest BCUT2D eigenvalue weighted by Gasteiger charge is -2.24. The first-order valence-corrected chi connectivity index (χ1v) is 17.6. The van der Waals surface area contributed by atoms with Crippen LogP contribution in [0.25, 0.3) is 11.1 Å². The molecular formula is C30H44O10P2. The van der Waals surface area contributed by atoms with Gasteiger partial charge in [0.25, 0.3) is 0 Å². The van der Waals surface area contributed by atoms with Crippen LogP contribution in [-0.4, -0.2) is 51.7 Å². The van der Waals surface area contributed by atoms with E-state index >= 15 is 0 Å². The Hall–Kier alpha value is -2.64. The third-order valence-electron chi connectivity index (χ3n) is 6.30. The Morgan fingerprint density at radius 1 is 0.762 bits per heavy atom. The highest BCUT2D eigenvalue weighted by Crippen LogP contribution is 2.56. The van der Waals surface area contributed by atoms with E-state index < -0.39 is 27.1 Å². The topological polar surface area (TPSA) is 124 Å². The summed E-state index contributed by atoms with van der Waals surface area (Å²) in [5, 5.41) is 0. The minimum Gasteiger partial charge on any atom is -0.466 e. The summed E-state index contributed by atoms with van der Waals surface area (Å²) in [5.74, 6) is -0.349. The van der Waals surface area contributed by atoms with Gasteiger partial charge in [0.2, 0.25) is 0 Å². The van der Waals surface area contributed by atoms with Gasteiger partial charge in [-0.3, -0.25) is 9.59 Å². The molecule has 0 amide bonds. The third kappa shape index (κ3) is 11.9. The molecule has 234 valence electrons.